The van der Waals surface area contributed by atoms with Gasteiger partial charge in [-0.3, -0.25) is 9.78 Å². The van der Waals surface area contributed by atoms with Gasteiger partial charge in [-0.15, -0.1) is 0 Å². The molecule has 104 valence electrons. The van der Waals surface area contributed by atoms with Crippen molar-refractivity contribution in [1.82, 2.24) is 10.3 Å². The molecule has 1 aromatic carbocycles. The highest BCUT2D eigenvalue weighted by molar-refractivity contribution is 5.81. The molecule has 0 fully saturated rings. The highest BCUT2D eigenvalue weighted by Gasteiger charge is 2.13. The number of hydrogen-bond acceptors (Lipinski definition) is 3. The molecule has 1 aromatic heterocycles. The lowest BCUT2D eigenvalue weighted by Gasteiger charge is -2.12. The quantitative estimate of drug-likeness (QED) is 0.831. The van der Waals surface area contributed by atoms with Gasteiger partial charge >= 0.3 is 0 Å². The number of carbonyl (C=O) groups excluding carboxylic acids is 1. The second-order valence-corrected chi connectivity index (χ2v) is 4.69. The standard InChI is InChI=1S/C16H19N3O/c17-15(12-14-4-2-1-3-5-14)16(20)19-11-8-13-6-9-18-10-7-13/h1-7,9-10,15H,8,11-12,17H2,(H,19,20)/t15-/m1/s1. The van der Waals surface area contributed by atoms with E-state index in [4.69, 9.17) is 5.73 Å². The van der Waals surface area contributed by atoms with Gasteiger partial charge in [-0.1, -0.05) is 30.3 Å². The van der Waals surface area contributed by atoms with Crippen molar-refractivity contribution in [2.75, 3.05) is 6.54 Å². The molecule has 0 aliphatic rings. The first kappa shape index (κ1) is 14.2. The number of pyridine rings is 1. The summed E-state index contributed by atoms with van der Waals surface area (Å²) < 4.78 is 0. The molecule has 2 aromatic rings. The van der Waals surface area contributed by atoms with Crippen LogP contribution in [0, 0.1) is 0 Å². The monoisotopic (exact) mass is 269 g/mol. The number of nitrogens with two attached hydrogens (primary N) is 1. The molecule has 1 atom stereocenters. The Morgan fingerprint density at radius 2 is 1.80 bits per heavy atom. The van der Waals surface area contributed by atoms with E-state index >= 15 is 0 Å². The summed E-state index contributed by atoms with van der Waals surface area (Å²) in [7, 11) is 0. The van der Waals surface area contributed by atoms with Crippen molar-refractivity contribution >= 4 is 5.91 Å². The summed E-state index contributed by atoms with van der Waals surface area (Å²) in [4.78, 5) is 15.8. The topological polar surface area (TPSA) is 68.0 Å². The minimum Gasteiger partial charge on any atom is -0.354 e. The fourth-order valence-electron chi connectivity index (χ4n) is 1.97. The number of benzene rings is 1. The van der Waals surface area contributed by atoms with Gasteiger partial charge in [0.1, 0.15) is 0 Å². The smallest absolute Gasteiger partial charge is 0.237 e. The Bertz CT molecular complexity index is 528. The summed E-state index contributed by atoms with van der Waals surface area (Å²) in [6, 6.07) is 13.2. The van der Waals surface area contributed by atoms with Gasteiger partial charge in [0.15, 0.2) is 0 Å². The van der Waals surface area contributed by atoms with Crippen LogP contribution in [0.1, 0.15) is 11.1 Å². The summed E-state index contributed by atoms with van der Waals surface area (Å²) in [6.07, 6.45) is 4.84. The van der Waals surface area contributed by atoms with Crippen LogP contribution in [0.25, 0.3) is 0 Å². The molecule has 1 amide bonds. The van der Waals surface area contributed by atoms with Crippen LogP contribution in [-0.4, -0.2) is 23.5 Å². The average Bonchev–Trinajstić information content (AvgIpc) is 2.49. The van der Waals surface area contributed by atoms with Gasteiger partial charge in [-0.05, 0) is 36.1 Å². The molecule has 0 unspecified atom stereocenters. The fraction of sp³-hybridized carbons (Fsp3) is 0.250. The third-order valence-corrected chi connectivity index (χ3v) is 3.10. The highest BCUT2D eigenvalue weighted by atomic mass is 16.2. The van der Waals surface area contributed by atoms with Crippen molar-refractivity contribution < 1.29 is 4.79 Å². The lowest BCUT2D eigenvalue weighted by Crippen LogP contribution is -2.42. The number of nitrogens with zero attached hydrogens (tertiary/aromatic N) is 1. The molecule has 0 aliphatic carbocycles. The summed E-state index contributed by atoms with van der Waals surface area (Å²) in [5.41, 5.74) is 8.13. The van der Waals surface area contributed by atoms with E-state index in [0.29, 0.717) is 13.0 Å². The van der Waals surface area contributed by atoms with Crippen molar-refractivity contribution in [1.29, 1.82) is 0 Å². The van der Waals surface area contributed by atoms with Gasteiger partial charge in [-0.25, -0.2) is 0 Å². The Labute approximate surface area is 119 Å². The molecule has 0 radical (unpaired) electrons. The van der Waals surface area contributed by atoms with E-state index in [0.717, 1.165) is 17.5 Å². The van der Waals surface area contributed by atoms with Crippen LogP contribution in [0.5, 0.6) is 0 Å². The van der Waals surface area contributed by atoms with E-state index in [1.807, 2.05) is 42.5 Å². The second-order valence-electron chi connectivity index (χ2n) is 4.69. The molecule has 0 aliphatic heterocycles. The number of nitrogens with one attached hydrogen (secondary N) is 1. The zero-order valence-corrected chi connectivity index (χ0v) is 11.3. The second kappa shape index (κ2) is 7.40. The summed E-state index contributed by atoms with van der Waals surface area (Å²) in [6.45, 7) is 0.589. The van der Waals surface area contributed by atoms with Crippen molar-refractivity contribution in [3.63, 3.8) is 0 Å². The number of hydrogen-bond donors (Lipinski definition) is 2. The van der Waals surface area contributed by atoms with E-state index in [1.165, 1.54) is 0 Å². The van der Waals surface area contributed by atoms with Gasteiger partial charge < -0.3 is 11.1 Å². The Morgan fingerprint density at radius 3 is 2.50 bits per heavy atom. The van der Waals surface area contributed by atoms with Crippen LogP contribution in [0.15, 0.2) is 54.9 Å². The Balaban J connectivity index is 1.74. The highest BCUT2D eigenvalue weighted by Crippen LogP contribution is 2.02. The van der Waals surface area contributed by atoms with E-state index in [9.17, 15) is 4.79 Å². The maximum atomic E-state index is 11.9. The van der Waals surface area contributed by atoms with Crippen LogP contribution in [0.2, 0.25) is 0 Å². The third kappa shape index (κ3) is 4.48. The molecule has 1 heterocycles. The third-order valence-electron chi connectivity index (χ3n) is 3.10. The number of amides is 1. The van der Waals surface area contributed by atoms with Crippen LogP contribution in [0.3, 0.4) is 0 Å². The van der Waals surface area contributed by atoms with Gasteiger partial charge in [0.25, 0.3) is 0 Å². The minimum absolute atomic E-state index is 0.108. The molecule has 0 saturated heterocycles. The Kier molecular flexibility index (Phi) is 5.26. The van der Waals surface area contributed by atoms with Crippen LogP contribution in [-0.2, 0) is 17.6 Å². The number of rotatable bonds is 6. The lowest BCUT2D eigenvalue weighted by molar-refractivity contribution is -0.122. The normalized spacial score (nSPS) is 11.8. The van der Waals surface area contributed by atoms with Crippen LogP contribution in [0.4, 0.5) is 0 Å². The molecule has 4 nitrogen and oxygen atoms in total. The largest absolute Gasteiger partial charge is 0.354 e. The predicted octanol–water partition coefficient (Wildman–Crippen LogP) is 1.31. The number of aromatic nitrogens is 1. The SMILES string of the molecule is N[C@H](Cc1ccccc1)C(=O)NCCc1ccncc1. The van der Waals surface area contributed by atoms with E-state index < -0.39 is 6.04 Å². The molecule has 0 spiro atoms. The first-order valence-electron chi connectivity index (χ1n) is 6.72. The first-order chi connectivity index (χ1) is 9.75. The van der Waals surface area contributed by atoms with Gasteiger partial charge in [-0.2, -0.15) is 0 Å². The van der Waals surface area contributed by atoms with Crippen LogP contribution >= 0.6 is 0 Å². The molecule has 2 rings (SSSR count). The lowest BCUT2D eigenvalue weighted by atomic mass is 10.1. The van der Waals surface area contributed by atoms with Crippen molar-refractivity contribution in [2.24, 2.45) is 5.73 Å². The zero-order valence-electron chi connectivity index (χ0n) is 11.3. The summed E-state index contributed by atoms with van der Waals surface area (Å²) >= 11 is 0. The van der Waals surface area contributed by atoms with Gasteiger partial charge in [0, 0.05) is 18.9 Å². The van der Waals surface area contributed by atoms with Crippen molar-refractivity contribution in [3.05, 3.63) is 66.0 Å². The summed E-state index contributed by atoms with van der Waals surface area (Å²) in [5, 5.41) is 2.87. The maximum Gasteiger partial charge on any atom is 0.237 e. The minimum atomic E-state index is -0.505. The predicted molar refractivity (Wildman–Crippen MR) is 79.1 cm³/mol. The molecule has 3 N–H and O–H groups in total. The van der Waals surface area contributed by atoms with E-state index in [-0.39, 0.29) is 5.91 Å². The molecular formula is C16H19N3O. The molecule has 0 saturated carbocycles. The Hall–Kier alpha value is -2.20. The number of carbonyl (C=O) groups is 1. The van der Waals surface area contributed by atoms with Crippen molar-refractivity contribution in [3.8, 4) is 0 Å². The first-order valence-corrected chi connectivity index (χ1v) is 6.72. The fourth-order valence-corrected chi connectivity index (χ4v) is 1.97. The van der Waals surface area contributed by atoms with E-state index in [1.54, 1.807) is 12.4 Å². The van der Waals surface area contributed by atoms with Gasteiger partial charge in [0.05, 0.1) is 6.04 Å². The maximum absolute atomic E-state index is 11.9. The molecular weight excluding hydrogens is 250 g/mol. The molecule has 4 heteroatoms. The van der Waals surface area contributed by atoms with Crippen molar-refractivity contribution in [2.45, 2.75) is 18.9 Å². The van der Waals surface area contributed by atoms with Gasteiger partial charge in [0.2, 0.25) is 5.91 Å². The zero-order chi connectivity index (χ0) is 14.2. The Morgan fingerprint density at radius 1 is 1.10 bits per heavy atom. The van der Waals surface area contributed by atoms with E-state index in [2.05, 4.69) is 10.3 Å². The summed E-state index contributed by atoms with van der Waals surface area (Å²) in [5.74, 6) is -0.108. The van der Waals surface area contributed by atoms with Crippen LogP contribution < -0.4 is 11.1 Å². The molecule has 20 heavy (non-hydrogen) atoms. The average molecular weight is 269 g/mol. The molecule has 0 bridgehead atoms.